The number of hydrogen-bond donors (Lipinski definition) is 1. The van der Waals surface area contributed by atoms with Crippen LogP contribution >= 0.6 is 0 Å². The fourth-order valence-corrected chi connectivity index (χ4v) is 2.15. The second-order valence-electron chi connectivity index (χ2n) is 4.65. The molecule has 0 aliphatic carbocycles. The number of ether oxygens (including phenoxy) is 1. The summed E-state index contributed by atoms with van der Waals surface area (Å²) in [6.45, 7) is 5.70. The second-order valence-corrected chi connectivity index (χ2v) is 6.91. The first-order valence-corrected chi connectivity index (χ1v) is 8.62. The predicted molar refractivity (Wildman–Crippen MR) is 75.9 cm³/mol. The molecule has 114 valence electrons. The van der Waals surface area contributed by atoms with E-state index in [4.69, 9.17) is 4.74 Å². The lowest BCUT2D eigenvalue weighted by Crippen LogP contribution is -2.47. The number of likely N-dealkylation sites (N-methyl/N-ethyl adjacent to an activating group) is 1. The van der Waals surface area contributed by atoms with Crippen LogP contribution in [0.3, 0.4) is 0 Å². The van der Waals surface area contributed by atoms with Crippen LogP contribution in [0.25, 0.3) is 0 Å². The van der Waals surface area contributed by atoms with E-state index in [0.29, 0.717) is 19.7 Å². The Balaban J connectivity index is 4.32. The molecule has 0 heterocycles. The number of rotatable bonds is 10. The highest BCUT2D eigenvalue weighted by atomic mass is 32.2. The van der Waals surface area contributed by atoms with Crippen LogP contribution in [0.1, 0.15) is 20.3 Å². The number of hydrogen-bond acceptors (Lipinski definition) is 6. The van der Waals surface area contributed by atoms with Gasteiger partial charge in [0.25, 0.3) is 0 Å². The fraction of sp³-hybridized carbons (Fsp3) is 0.917. The van der Waals surface area contributed by atoms with Gasteiger partial charge in [-0.05, 0) is 26.9 Å². The highest BCUT2D eigenvalue weighted by Gasteiger charge is 2.21. The van der Waals surface area contributed by atoms with Gasteiger partial charge in [-0.3, -0.25) is 4.79 Å². The lowest BCUT2D eigenvalue weighted by Gasteiger charge is -2.23. The zero-order valence-corrected chi connectivity index (χ0v) is 13.1. The van der Waals surface area contributed by atoms with E-state index in [9.17, 15) is 13.2 Å². The fourth-order valence-electron chi connectivity index (χ4n) is 1.51. The molecule has 1 unspecified atom stereocenters. The van der Waals surface area contributed by atoms with Gasteiger partial charge in [0.2, 0.25) is 0 Å². The molecule has 7 heteroatoms. The lowest BCUT2D eigenvalue weighted by atomic mass is 10.2. The highest BCUT2D eigenvalue weighted by molar-refractivity contribution is 7.90. The Morgan fingerprint density at radius 2 is 2.00 bits per heavy atom. The minimum Gasteiger partial charge on any atom is -0.465 e. The molecule has 6 nitrogen and oxygen atoms in total. The largest absolute Gasteiger partial charge is 0.465 e. The van der Waals surface area contributed by atoms with Gasteiger partial charge in [0.05, 0.1) is 12.4 Å². The Labute approximate surface area is 116 Å². The summed E-state index contributed by atoms with van der Waals surface area (Å²) in [7, 11) is -1.18. The number of nitrogens with zero attached hydrogens (tertiary/aromatic N) is 1. The average Bonchev–Trinajstić information content (AvgIpc) is 2.31. The molecule has 19 heavy (non-hydrogen) atoms. The van der Waals surface area contributed by atoms with Crippen molar-refractivity contribution >= 4 is 15.8 Å². The van der Waals surface area contributed by atoms with Crippen LogP contribution in [0.5, 0.6) is 0 Å². The summed E-state index contributed by atoms with van der Waals surface area (Å²) in [5.74, 6) is -0.200. The lowest BCUT2D eigenvalue weighted by molar-refractivity contribution is -0.146. The van der Waals surface area contributed by atoms with Gasteiger partial charge in [0, 0.05) is 19.3 Å². The third-order valence-electron chi connectivity index (χ3n) is 2.55. The van der Waals surface area contributed by atoms with Crippen molar-refractivity contribution in [3.63, 3.8) is 0 Å². The van der Waals surface area contributed by atoms with Crippen molar-refractivity contribution < 1.29 is 17.9 Å². The van der Waals surface area contributed by atoms with E-state index < -0.39 is 15.9 Å². The quantitative estimate of drug-likeness (QED) is 0.567. The van der Waals surface area contributed by atoms with E-state index in [1.165, 1.54) is 6.26 Å². The highest BCUT2D eigenvalue weighted by Crippen LogP contribution is 1.96. The summed E-state index contributed by atoms with van der Waals surface area (Å²) >= 11 is 0. The molecule has 0 aromatic heterocycles. The summed E-state index contributed by atoms with van der Waals surface area (Å²) in [5.41, 5.74) is 0. The molecule has 0 spiro atoms. The van der Waals surface area contributed by atoms with Gasteiger partial charge >= 0.3 is 5.97 Å². The Hall–Kier alpha value is -0.660. The third kappa shape index (κ3) is 9.86. The summed E-state index contributed by atoms with van der Waals surface area (Å²) in [4.78, 5) is 13.6. The van der Waals surface area contributed by atoms with Crippen molar-refractivity contribution in [1.82, 2.24) is 10.2 Å². The van der Waals surface area contributed by atoms with Crippen LogP contribution in [0.2, 0.25) is 0 Å². The Kier molecular flexibility index (Phi) is 8.95. The van der Waals surface area contributed by atoms with E-state index >= 15 is 0 Å². The van der Waals surface area contributed by atoms with Gasteiger partial charge in [-0.1, -0.05) is 6.92 Å². The van der Waals surface area contributed by atoms with Gasteiger partial charge in [-0.2, -0.15) is 0 Å². The van der Waals surface area contributed by atoms with E-state index in [1.807, 2.05) is 11.8 Å². The van der Waals surface area contributed by atoms with Gasteiger partial charge in [-0.15, -0.1) is 0 Å². The SMILES string of the molecule is CCCNC(CN(C)CCS(C)(=O)=O)C(=O)OCC. The van der Waals surface area contributed by atoms with Crippen molar-refractivity contribution in [1.29, 1.82) is 0 Å². The molecule has 0 aromatic rings. The van der Waals surface area contributed by atoms with Crippen LogP contribution < -0.4 is 5.32 Å². The number of nitrogens with one attached hydrogen (secondary N) is 1. The van der Waals surface area contributed by atoms with Gasteiger partial charge in [-0.25, -0.2) is 8.42 Å². The molecule has 0 aliphatic heterocycles. The first-order valence-electron chi connectivity index (χ1n) is 6.56. The molecule has 1 N–H and O–H groups in total. The summed E-state index contributed by atoms with van der Waals surface area (Å²) in [6.07, 6.45) is 2.13. The number of esters is 1. The molecule has 0 radical (unpaired) electrons. The third-order valence-corrected chi connectivity index (χ3v) is 3.47. The smallest absolute Gasteiger partial charge is 0.324 e. The van der Waals surface area contributed by atoms with Gasteiger partial charge in [0.1, 0.15) is 15.9 Å². The van der Waals surface area contributed by atoms with Crippen molar-refractivity contribution in [3.05, 3.63) is 0 Å². The van der Waals surface area contributed by atoms with Gasteiger partial charge < -0.3 is 15.0 Å². The maximum absolute atomic E-state index is 11.8. The monoisotopic (exact) mass is 294 g/mol. The van der Waals surface area contributed by atoms with Gasteiger partial charge in [0.15, 0.2) is 0 Å². The molecule has 0 bridgehead atoms. The van der Waals surface area contributed by atoms with Crippen LogP contribution in [-0.2, 0) is 19.4 Å². The number of carbonyl (C=O) groups excluding carboxylic acids is 1. The minimum atomic E-state index is -2.98. The van der Waals surface area contributed by atoms with Crippen LogP contribution in [0, 0.1) is 0 Å². The number of sulfone groups is 1. The zero-order valence-electron chi connectivity index (χ0n) is 12.3. The second kappa shape index (κ2) is 9.28. The molecule has 0 saturated heterocycles. The van der Waals surface area contributed by atoms with Crippen molar-refractivity contribution in [2.75, 3.05) is 45.3 Å². The maximum atomic E-state index is 11.8. The van der Waals surface area contributed by atoms with E-state index in [1.54, 1.807) is 14.0 Å². The van der Waals surface area contributed by atoms with Crippen LogP contribution in [0.4, 0.5) is 0 Å². The molecule has 0 saturated carbocycles. The Morgan fingerprint density at radius 3 is 2.47 bits per heavy atom. The van der Waals surface area contributed by atoms with E-state index in [-0.39, 0.29) is 11.7 Å². The standard InChI is InChI=1S/C12H26N2O4S/c1-5-7-13-11(12(15)18-6-2)10-14(3)8-9-19(4,16)17/h11,13H,5-10H2,1-4H3. The average molecular weight is 294 g/mol. The predicted octanol–water partition coefficient (Wildman–Crippen LogP) is -0.106. The molecular formula is C12H26N2O4S. The summed E-state index contributed by atoms with van der Waals surface area (Å²) < 4.78 is 27.2. The molecule has 0 rings (SSSR count). The molecule has 0 fully saturated rings. The summed E-state index contributed by atoms with van der Waals surface area (Å²) in [5, 5.41) is 3.12. The molecular weight excluding hydrogens is 268 g/mol. The Bertz CT molecular complexity index is 357. The topological polar surface area (TPSA) is 75.7 Å². The normalized spacial score (nSPS) is 13.5. The van der Waals surface area contributed by atoms with Crippen molar-refractivity contribution in [2.45, 2.75) is 26.3 Å². The van der Waals surface area contributed by atoms with Crippen molar-refractivity contribution in [3.8, 4) is 0 Å². The van der Waals surface area contributed by atoms with Crippen molar-refractivity contribution in [2.24, 2.45) is 0 Å². The maximum Gasteiger partial charge on any atom is 0.324 e. The Morgan fingerprint density at radius 1 is 1.37 bits per heavy atom. The van der Waals surface area contributed by atoms with Crippen LogP contribution in [0.15, 0.2) is 0 Å². The number of carbonyl (C=O) groups is 1. The molecule has 0 aliphatic rings. The van der Waals surface area contributed by atoms with E-state index in [0.717, 1.165) is 13.0 Å². The zero-order chi connectivity index (χ0) is 14.9. The molecule has 0 aromatic carbocycles. The van der Waals surface area contributed by atoms with E-state index in [2.05, 4.69) is 5.32 Å². The first kappa shape index (κ1) is 18.3. The minimum absolute atomic E-state index is 0.0901. The molecule has 0 amide bonds. The summed E-state index contributed by atoms with van der Waals surface area (Å²) in [6, 6.07) is -0.413. The molecule has 1 atom stereocenters. The first-order chi connectivity index (χ1) is 8.80. The van der Waals surface area contributed by atoms with Crippen LogP contribution in [-0.4, -0.2) is 70.6 Å².